The maximum absolute atomic E-state index is 12.4. The molecule has 0 amide bonds. The zero-order chi connectivity index (χ0) is 16.2. The molecule has 0 saturated carbocycles. The standard InChI is InChI=1S/C17H22N2O2S/c1-4-14(3)18-15-9-11-16(12-10-15)19-22(20,21)17-8-6-5-7-13(17)2/h5-12,14,18-19H,4H2,1-3H3. The van der Waals surface area contributed by atoms with Gasteiger partial charge in [0.2, 0.25) is 0 Å². The number of aryl methyl sites for hydroxylation is 1. The van der Waals surface area contributed by atoms with Crippen LogP contribution in [0.25, 0.3) is 0 Å². The second-order valence-electron chi connectivity index (χ2n) is 5.40. The summed E-state index contributed by atoms with van der Waals surface area (Å²) in [7, 11) is -3.55. The van der Waals surface area contributed by atoms with Gasteiger partial charge in [0.25, 0.3) is 10.0 Å². The Hall–Kier alpha value is -2.01. The smallest absolute Gasteiger partial charge is 0.262 e. The summed E-state index contributed by atoms with van der Waals surface area (Å²) in [5.41, 5.74) is 2.26. The lowest BCUT2D eigenvalue weighted by atomic mass is 10.2. The van der Waals surface area contributed by atoms with Gasteiger partial charge in [0.1, 0.15) is 0 Å². The van der Waals surface area contributed by atoms with Gasteiger partial charge < -0.3 is 5.32 Å². The van der Waals surface area contributed by atoms with Gasteiger partial charge in [-0.15, -0.1) is 0 Å². The van der Waals surface area contributed by atoms with Crippen molar-refractivity contribution >= 4 is 21.4 Å². The van der Waals surface area contributed by atoms with Gasteiger partial charge in [-0.3, -0.25) is 4.72 Å². The molecule has 118 valence electrons. The molecule has 0 heterocycles. The summed E-state index contributed by atoms with van der Waals surface area (Å²) in [5, 5.41) is 3.35. The number of nitrogens with one attached hydrogen (secondary N) is 2. The first-order chi connectivity index (χ1) is 10.4. The highest BCUT2D eigenvalue weighted by Gasteiger charge is 2.16. The Morgan fingerprint density at radius 1 is 1.00 bits per heavy atom. The first-order valence-electron chi connectivity index (χ1n) is 7.37. The van der Waals surface area contributed by atoms with Gasteiger partial charge in [0.05, 0.1) is 4.90 Å². The van der Waals surface area contributed by atoms with Crippen LogP contribution in [0.3, 0.4) is 0 Å². The zero-order valence-electron chi connectivity index (χ0n) is 13.1. The van der Waals surface area contributed by atoms with Crippen molar-refractivity contribution in [2.75, 3.05) is 10.0 Å². The molecular formula is C17H22N2O2S. The fourth-order valence-electron chi connectivity index (χ4n) is 2.09. The van der Waals surface area contributed by atoms with Crippen LogP contribution in [0.2, 0.25) is 0 Å². The largest absolute Gasteiger partial charge is 0.383 e. The highest BCUT2D eigenvalue weighted by molar-refractivity contribution is 7.92. The van der Waals surface area contributed by atoms with Crippen LogP contribution in [0, 0.1) is 6.92 Å². The van der Waals surface area contributed by atoms with Crippen LogP contribution in [0.5, 0.6) is 0 Å². The molecule has 0 radical (unpaired) electrons. The van der Waals surface area contributed by atoms with Crippen LogP contribution in [0.4, 0.5) is 11.4 Å². The van der Waals surface area contributed by atoms with Crippen LogP contribution in [-0.2, 0) is 10.0 Å². The number of hydrogen-bond acceptors (Lipinski definition) is 3. The third-order valence-corrected chi connectivity index (χ3v) is 5.09. The Labute approximate surface area is 132 Å². The van der Waals surface area contributed by atoms with E-state index in [0.717, 1.165) is 17.7 Å². The summed E-state index contributed by atoms with van der Waals surface area (Å²) in [6.07, 6.45) is 1.03. The predicted molar refractivity (Wildman–Crippen MR) is 91.8 cm³/mol. The fourth-order valence-corrected chi connectivity index (χ4v) is 3.40. The van der Waals surface area contributed by atoms with E-state index in [1.54, 1.807) is 37.3 Å². The van der Waals surface area contributed by atoms with Gasteiger partial charge in [-0.1, -0.05) is 25.1 Å². The lowest BCUT2D eigenvalue weighted by molar-refractivity contribution is 0.600. The van der Waals surface area contributed by atoms with E-state index in [2.05, 4.69) is 23.9 Å². The molecule has 0 aliphatic heterocycles. The minimum Gasteiger partial charge on any atom is -0.383 e. The summed E-state index contributed by atoms with van der Waals surface area (Å²) in [6.45, 7) is 6.00. The van der Waals surface area contributed by atoms with E-state index in [1.165, 1.54) is 0 Å². The van der Waals surface area contributed by atoms with Gasteiger partial charge in [0, 0.05) is 17.4 Å². The predicted octanol–water partition coefficient (Wildman–Crippen LogP) is 4.01. The van der Waals surface area contributed by atoms with E-state index >= 15 is 0 Å². The second-order valence-corrected chi connectivity index (χ2v) is 7.05. The van der Waals surface area contributed by atoms with Gasteiger partial charge in [-0.25, -0.2) is 8.42 Å². The summed E-state index contributed by atoms with van der Waals surface area (Å²) in [6, 6.07) is 14.6. The van der Waals surface area contributed by atoms with E-state index in [-0.39, 0.29) is 0 Å². The third-order valence-electron chi connectivity index (χ3n) is 3.55. The molecule has 2 aromatic carbocycles. The lowest BCUT2D eigenvalue weighted by Gasteiger charge is -2.14. The van der Waals surface area contributed by atoms with Crippen molar-refractivity contribution in [1.29, 1.82) is 0 Å². The van der Waals surface area contributed by atoms with Gasteiger partial charge >= 0.3 is 0 Å². The van der Waals surface area contributed by atoms with Gasteiger partial charge in [-0.05, 0) is 56.2 Å². The van der Waals surface area contributed by atoms with Crippen molar-refractivity contribution in [3.8, 4) is 0 Å². The molecule has 22 heavy (non-hydrogen) atoms. The first kappa shape index (κ1) is 16.4. The summed E-state index contributed by atoms with van der Waals surface area (Å²) in [4.78, 5) is 0.303. The van der Waals surface area contributed by atoms with Crippen LogP contribution in [-0.4, -0.2) is 14.5 Å². The molecule has 0 aliphatic carbocycles. The summed E-state index contributed by atoms with van der Waals surface area (Å²) >= 11 is 0. The molecule has 0 spiro atoms. The van der Waals surface area contributed by atoms with Crippen molar-refractivity contribution < 1.29 is 8.42 Å². The van der Waals surface area contributed by atoms with Crippen LogP contribution >= 0.6 is 0 Å². The maximum atomic E-state index is 12.4. The van der Waals surface area contributed by atoms with Crippen LogP contribution in [0.15, 0.2) is 53.4 Å². The Kier molecular flexibility index (Phi) is 5.08. The Bertz CT molecular complexity index is 725. The molecule has 2 aromatic rings. The molecule has 1 atom stereocenters. The van der Waals surface area contributed by atoms with Gasteiger partial charge in [0.15, 0.2) is 0 Å². The molecule has 1 unspecified atom stereocenters. The van der Waals surface area contributed by atoms with E-state index in [0.29, 0.717) is 16.6 Å². The Morgan fingerprint density at radius 3 is 2.18 bits per heavy atom. The van der Waals surface area contributed by atoms with E-state index < -0.39 is 10.0 Å². The highest BCUT2D eigenvalue weighted by atomic mass is 32.2. The molecule has 4 nitrogen and oxygen atoms in total. The lowest BCUT2D eigenvalue weighted by Crippen LogP contribution is -2.15. The number of benzene rings is 2. The summed E-state index contributed by atoms with van der Waals surface area (Å²) < 4.78 is 27.4. The molecule has 0 fully saturated rings. The molecule has 2 N–H and O–H groups in total. The SMILES string of the molecule is CCC(C)Nc1ccc(NS(=O)(=O)c2ccccc2C)cc1. The summed E-state index contributed by atoms with van der Waals surface area (Å²) in [5.74, 6) is 0. The maximum Gasteiger partial charge on any atom is 0.262 e. The normalized spacial score (nSPS) is 12.7. The van der Waals surface area contributed by atoms with Crippen molar-refractivity contribution in [3.63, 3.8) is 0 Å². The minimum absolute atomic E-state index is 0.303. The molecule has 0 bridgehead atoms. The topological polar surface area (TPSA) is 58.2 Å². The first-order valence-corrected chi connectivity index (χ1v) is 8.85. The van der Waals surface area contributed by atoms with Crippen LogP contribution < -0.4 is 10.0 Å². The molecule has 2 rings (SSSR count). The zero-order valence-corrected chi connectivity index (χ0v) is 13.9. The van der Waals surface area contributed by atoms with E-state index in [4.69, 9.17) is 0 Å². The van der Waals surface area contributed by atoms with Crippen LogP contribution in [0.1, 0.15) is 25.8 Å². The Morgan fingerprint density at radius 2 is 1.59 bits per heavy atom. The van der Waals surface area contributed by atoms with E-state index in [9.17, 15) is 8.42 Å². The van der Waals surface area contributed by atoms with Gasteiger partial charge in [-0.2, -0.15) is 0 Å². The Balaban J connectivity index is 2.15. The monoisotopic (exact) mass is 318 g/mol. The quantitative estimate of drug-likeness (QED) is 0.846. The van der Waals surface area contributed by atoms with Crippen molar-refractivity contribution in [2.24, 2.45) is 0 Å². The second kappa shape index (κ2) is 6.83. The van der Waals surface area contributed by atoms with E-state index in [1.807, 2.05) is 18.2 Å². The molecule has 0 aromatic heterocycles. The average molecular weight is 318 g/mol. The number of rotatable bonds is 6. The number of anilines is 2. The highest BCUT2D eigenvalue weighted by Crippen LogP contribution is 2.20. The van der Waals surface area contributed by atoms with Crippen molar-refractivity contribution in [3.05, 3.63) is 54.1 Å². The molecular weight excluding hydrogens is 296 g/mol. The third kappa shape index (κ3) is 4.01. The molecule has 5 heteroatoms. The number of hydrogen-bond donors (Lipinski definition) is 2. The molecule has 0 aliphatic rings. The minimum atomic E-state index is -3.55. The van der Waals surface area contributed by atoms with Crippen molar-refractivity contribution in [2.45, 2.75) is 38.1 Å². The number of sulfonamides is 1. The average Bonchev–Trinajstić information content (AvgIpc) is 2.49. The van der Waals surface area contributed by atoms with Crippen molar-refractivity contribution in [1.82, 2.24) is 0 Å². The fraction of sp³-hybridized carbons (Fsp3) is 0.294. The molecule has 0 saturated heterocycles.